The predicted molar refractivity (Wildman–Crippen MR) is 65.7 cm³/mol. The van der Waals surface area contributed by atoms with Crippen molar-refractivity contribution in [2.24, 2.45) is 11.7 Å². The molecular formula is C9H11BrF3N3S. The van der Waals surface area contributed by atoms with Crippen LogP contribution >= 0.6 is 28.1 Å². The van der Waals surface area contributed by atoms with Crippen LogP contribution in [0.3, 0.4) is 0 Å². The molecule has 1 atom stereocenters. The van der Waals surface area contributed by atoms with Crippen molar-refractivity contribution in [3.05, 3.63) is 15.9 Å². The smallest absolute Gasteiger partial charge is 0.393 e. The molecule has 96 valence electrons. The highest BCUT2D eigenvalue weighted by atomic mass is 79.9. The van der Waals surface area contributed by atoms with Crippen LogP contribution in [0.5, 0.6) is 0 Å². The maximum absolute atomic E-state index is 12.7. The Morgan fingerprint density at radius 2 is 2.06 bits per heavy atom. The third kappa shape index (κ3) is 3.19. The van der Waals surface area contributed by atoms with E-state index in [1.807, 2.05) is 0 Å². The molecule has 1 unspecified atom stereocenters. The van der Waals surface area contributed by atoms with Gasteiger partial charge in [-0.15, -0.1) is 0 Å². The summed E-state index contributed by atoms with van der Waals surface area (Å²) in [5.41, 5.74) is 6.37. The fourth-order valence-corrected chi connectivity index (χ4v) is 1.87. The molecule has 0 amide bonds. The summed E-state index contributed by atoms with van der Waals surface area (Å²) in [7, 11) is 0. The average molecular weight is 330 g/mol. The molecule has 0 radical (unpaired) electrons. The SMILES string of the molecule is Cc1nn(CC(C(N)=S)C(F)(F)F)c(C)c1Br. The van der Waals surface area contributed by atoms with E-state index in [0.717, 1.165) is 0 Å². The van der Waals surface area contributed by atoms with Gasteiger partial charge in [0.1, 0.15) is 5.92 Å². The minimum atomic E-state index is -4.45. The Morgan fingerprint density at radius 3 is 2.35 bits per heavy atom. The van der Waals surface area contributed by atoms with Gasteiger partial charge in [-0.25, -0.2) is 0 Å². The van der Waals surface area contributed by atoms with Crippen LogP contribution in [0.25, 0.3) is 0 Å². The lowest BCUT2D eigenvalue weighted by Gasteiger charge is -2.19. The number of hydrogen-bond acceptors (Lipinski definition) is 2. The van der Waals surface area contributed by atoms with Crippen molar-refractivity contribution < 1.29 is 13.2 Å². The van der Waals surface area contributed by atoms with Gasteiger partial charge in [0.05, 0.1) is 21.7 Å². The fraction of sp³-hybridized carbons (Fsp3) is 0.556. The Morgan fingerprint density at radius 1 is 1.53 bits per heavy atom. The van der Waals surface area contributed by atoms with E-state index in [1.165, 1.54) is 4.68 Å². The number of hydrogen-bond donors (Lipinski definition) is 1. The van der Waals surface area contributed by atoms with E-state index in [4.69, 9.17) is 5.73 Å². The normalized spacial score (nSPS) is 13.8. The Kier molecular flexibility index (Phi) is 4.19. The van der Waals surface area contributed by atoms with Crippen LogP contribution in [0.15, 0.2) is 4.47 Å². The Balaban J connectivity index is 3.03. The molecule has 1 aromatic heterocycles. The molecule has 0 saturated heterocycles. The quantitative estimate of drug-likeness (QED) is 0.867. The number of halogens is 4. The molecule has 3 nitrogen and oxygen atoms in total. The molecule has 0 aliphatic carbocycles. The summed E-state index contributed by atoms with van der Waals surface area (Å²) in [5.74, 6) is -1.86. The third-order valence-electron chi connectivity index (χ3n) is 2.39. The zero-order valence-electron chi connectivity index (χ0n) is 9.18. The van der Waals surface area contributed by atoms with Crippen LogP contribution in [-0.2, 0) is 6.54 Å². The van der Waals surface area contributed by atoms with Crippen molar-refractivity contribution in [3.8, 4) is 0 Å². The first-order valence-electron chi connectivity index (χ1n) is 4.70. The summed E-state index contributed by atoms with van der Waals surface area (Å²) in [4.78, 5) is -0.568. The van der Waals surface area contributed by atoms with Crippen LogP contribution in [0.2, 0.25) is 0 Å². The molecule has 0 aliphatic heterocycles. The van der Waals surface area contributed by atoms with Gasteiger partial charge in [0.2, 0.25) is 0 Å². The van der Waals surface area contributed by atoms with Crippen molar-refractivity contribution >= 4 is 33.1 Å². The van der Waals surface area contributed by atoms with Crippen molar-refractivity contribution in [2.75, 3.05) is 0 Å². The zero-order valence-corrected chi connectivity index (χ0v) is 11.6. The van der Waals surface area contributed by atoms with E-state index in [-0.39, 0.29) is 0 Å². The van der Waals surface area contributed by atoms with Crippen molar-refractivity contribution in [1.82, 2.24) is 9.78 Å². The summed E-state index contributed by atoms with van der Waals surface area (Å²) in [5, 5.41) is 4.00. The van der Waals surface area contributed by atoms with Gasteiger partial charge in [0, 0.05) is 5.69 Å². The van der Waals surface area contributed by atoms with Gasteiger partial charge < -0.3 is 5.73 Å². The van der Waals surface area contributed by atoms with Crippen molar-refractivity contribution in [2.45, 2.75) is 26.6 Å². The molecule has 17 heavy (non-hydrogen) atoms. The van der Waals surface area contributed by atoms with Gasteiger partial charge in [0.15, 0.2) is 0 Å². The average Bonchev–Trinajstić information content (AvgIpc) is 2.40. The summed E-state index contributed by atoms with van der Waals surface area (Å²) in [6.07, 6.45) is -4.45. The fourth-order valence-electron chi connectivity index (χ4n) is 1.38. The highest BCUT2D eigenvalue weighted by Crippen LogP contribution is 2.29. The number of aromatic nitrogens is 2. The van der Waals surface area contributed by atoms with Crippen LogP contribution in [0.1, 0.15) is 11.4 Å². The minimum Gasteiger partial charge on any atom is -0.393 e. The Hall–Kier alpha value is -0.630. The maximum atomic E-state index is 12.7. The highest BCUT2D eigenvalue weighted by Gasteiger charge is 2.42. The van der Waals surface area contributed by atoms with E-state index >= 15 is 0 Å². The number of thiocarbonyl (C=S) groups is 1. The molecule has 0 aliphatic rings. The van der Waals surface area contributed by atoms with Crippen molar-refractivity contribution in [3.63, 3.8) is 0 Å². The van der Waals surface area contributed by atoms with Crippen molar-refractivity contribution in [1.29, 1.82) is 0 Å². The molecule has 0 fully saturated rings. The van der Waals surface area contributed by atoms with E-state index in [0.29, 0.717) is 15.9 Å². The maximum Gasteiger partial charge on any atom is 0.399 e. The lowest BCUT2D eigenvalue weighted by molar-refractivity contribution is -0.158. The molecular weight excluding hydrogens is 319 g/mol. The summed E-state index contributed by atoms with van der Waals surface area (Å²) in [6.45, 7) is 2.99. The second kappa shape index (κ2) is 4.93. The number of alkyl halides is 3. The molecule has 2 N–H and O–H groups in total. The van der Waals surface area contributed by atoms with Gasteiger partial charge in [-0.3, -0.25) is 4.68 Å². The highest BCUT2D eigenvalue weighted by molar-refractivity contribution is 9.10. The molecule has 0 aromatic carbocycles. The van der Waals surface area contributed by atoms with Gasteiger partial charge in [-0.2, -0.15) is 18.3 Å². The molecule has 1 rings (SSSR count). The number of nitrogens with zero attached hydrogens (tertiary/aromatic N) is 2. The molecule has 1 aromatic rings. The van der Waals surface area contributed by atoms with E-state index in [9.17, 15) is 13.2 Å². The van der Waals surface area contributed by atoms with E-state index in [2.05, 4.69) is 33.2 Å². The van der Waals surface area contributed by atoms with Crippen LogP contribution in [0, 0.1) is 19.8 Å². The number of aryl methyl sites for hydroxylation is 1. The molecule has 1 heterocycles. The number of nitrogens with two attached hydrogens (primary N) is 1. The summed E-state index contributed by atoms with van der Waals surface area (Å²) >= 11 is 7.70. The summed E-state index contributed by atoms with van der Waals surface area (Å²) in [6, 6.07) is 0. The lowest BCUT2D eigenvalue weighted by Crippen LogP contribution is -2.38. The predicted octanol–water partition coefficient (Wildman–Crippen LogP) is 2.73. The molecule has 8 heteroatoms. The van der Waals surface area contributed by atoms with E-state index < -0.39 is 23.6 Å². The van der Waals surface area contributed by atoms with Gasteiger partial charge in [-0.1, -0.05) is 12.2 Å². The largest absolute Gasteiger partial charge is 0.399 e. The lowest BCUT2D eigenvalue weighted by atomic mass is 10.1. The standard InChI is InChI=1S/C9H11BrF3N3S/c1-4-7(10)5(2)16(15-4)3-6(8(14)17)9(11,12)13/h6H,3H2,1-2H3,(H2,14,17). The van der Waals surface area contributed by atoms with E-state index in [1.54, 1.807) is 13.8 Å². The van der Waals surface area contributed by atoms with Crippen LogP contribution in [0.4, 0.5) is 13.2 Å². The van der Waals surface area contributed by atoms with Crippen LogP contribution < -0.4 is 5.73 Å². The first-order valence-corrected chi connectivity index (χ1v) is 5.90. The monoisotopic (exact) mass is 329 g/mol. The Bertz CT molecular complexity index is 441. The zero-order chi connectivity index (χ0) is 13.4. The minimum absolute atomic E-state index is 0.392. The van der Waals surface area contributed by atoms with Gasteiger partial charge in [-0.05, 0) is 29.8 Å². The third-order valence-corrected chi connectivity index (χ3v) is 3.82. The molecule has 0 spiro atoms. The number of rotatable bonds is 3. The second-order valence-electron chi connectivity index (χ2n) is 3.66. The first kappa shape index (κ1) is 14.4. The molecule has 0 saturated carbocycles. The van der Waals surface area contributed by atoms with Gasteiger partial charge >= 0.3 is 6.18 Å². The summed E-state index contributed by atoms with van der Waals surface area (Å²) < 4.78 is 40.0. The first-order chi connectivity index (χ1) is 7.64. The van der Waals surface area contributed by atoms with Crippen LogP contribution in [-0.4, -0.2) is 20.9 Å². The van der Waals surface area contributed by atoms with Gasteiger partial charge in [0.25, 0.3) is 0 Å². The molecule has 0 bridgehead atoms. The second-order valence-corrected chi connectivity index (χ2v) is 4.93. The Labute approximate surface area is 110 Å². The topological polar surface area (TPSA) is 43.8 Å².